The van der Waals surface area contributed by atoms with E-state index in [-0.39, 0.29) is 5.92 Å². The minimum absolute atomic E-state index is 0.152. The molecular weight excluding hydrogens is 200 g/mol. The fraction of sp³-hybridized carbons (Fsp3) is 0.857. The van der Waals surface area contributed by atoms with Gasteiger partial charge in [-0.1, -0.05) is 39.5 Å². The molecule has 0 spiro atoms. The third kappa shape index (κ3) is 9.88. The molecule has 0 radical (unpaired) electrons. The minimum atomic E-state index is 0.152. The van der Waals surface area contributed by atoms with Gasteiger partial charge in [0.15, 0.2) is 0 Å². The van der Waals surface area contributed by atoms with E-state index in [0.29, 0.717) is 12.2 Å². The standard InChI is InChI=1S/C14H26O2/c1-3-4-5-6-10-14(16)11-8-7-9-13(2)12-15/h12-13H,3-11H2,1-2H3. The van der Waals surface area contributed by atoms with E-state index < -0.39 is 0 Å². The molecule has 2 heteroatoms. The van der Waals surface area contributed by atoms with Crippen LogP contribution in [0.4, 0.5) is 0 Å². The summed E-state index contributed by atoms with van der Waals surface area (Å²) in [5.74, 6) is 0.550. The van der Waals surface area contributed by atoms with Gasteiger partial charge in [-0.15, -0.1) is 0 Å². The van der Waals surface area contributed by atoms with Crippen molar-refractivity contribution in [1.29, 1.82) is 0 Å². The number of carbonyl (C=O) groups is 2. The molecule has 0 N–H and O–H groups in total. The zero-order valence-corrected chi connectivity index (χ0v) is 10.8. The summed E-state index contributed by atoms with van der Waals surface area (Å²) in [6.45, 7) is 4.11. The fourth-order valence-corrected chi connectivity index (χ4v) is 1.73. The Morgan fingerprint density at radius 1 is 1.06 bits per heavy atom. The molecule has 0 bridgehead atoms. The van der Waals surface area contributed by atoms with Crippen molar-refractivity contribution in [3.8, 4) is 0 Å². The second-order valence-electron chi connectivity index (χ2n) is 4.71. The van der Waals surface area contributed by atoms with Gasteiger partial charge in [0.05, 0.1) is 0 Å². The second kappa shape index (κ2) is 10.8. The van der Waals surface area contributed by atoms with Crippen molar-refractivity contribution in [3.05, 3.63) is 0 Å². The number of Topliss-reactive ketones (excluding diaryl/α,β-unsaturated/α-hetero) is 1. The summed E-state index contributed by atoms with van der Waals surface area (Å²) in [4.78, 5) is 21.8. The second-order valence-corrected chi connectivity index (χ2v) is 4.71. The van der Waals surface area contributed by atoms with Crippen molar-refractivity contribution >= 4 is 12.1 Å². The first kappa shape index (κ1) is 15.3. The fourth-order valence-electron chi connectivity index (χ4n) is 1.73. The molecule has 0 aliphatic rings. The number of carbonyl (C=O) groups excluding carboxylic acids is 2. The van der Waals surface area contributed by atoms with E-state index in [1.807, 2.05) is 6.92 Å². The third-order valence-corrected chi connectivity index (χ3v) is 2.91. The number of rotatable bonds is 11. The molecule has 0 aromatic rings. The topological polar surface area (TPSA) is 34.1 Å². The van der Waals surface area contributed by atoms with E-state index in [0.717, 1.165) is 38.4 Å². The Hall–Kier alpha value is -0.660. The van der Waals surface area contributed by atoms with Gasteiger partial charge in [-0.2, -0.15) is 0 Å². The lowest BCUT2D eigenvalue weighted by atomic mass is 10.0. The van der Waals surface area contributed by atoms with Crippen LogP contribution in [0.15, 0.2) is 0 Å². The zero-order chi connectivity index (χ0) is 12.2. The Morgan fingerprint density at radius 3 is 2.25 bits per heavy atom. The van der Waals surface area contributed by atoms with Crippen LogP contribution in [0.5, 0.6) is 0 Å². The maximum absolute atomic E-state index is 11.5. The predicted molar refractivity (Wildman–Crippen MR) is 67.5 cm³/mol. The summed E-state index contributed by atoms with van der Waals surface area (Å²) >= 11 is 0. The van der Waals surface area contributed by atoms with Crippen molar-refractivity contribution in [3.63, 3.8) is 0 Å². The molecule has 94 valence electrons. The molecule has 0 aromatic heterocycles. The molecule has 0 amide bonds. The Bertz CT molecular complexity index is 187. The van der Waals surface area contributed by atoms with E-state index >= 15 is 0 Å². The van der Waals surface area contributed by atoms with Crippen molar-refractivity contribution in [2.75, 3.05) is 0 Å². The summed E-state index contributed by atoms with van der Waals surface area (Å²) < 4.78 is 0. The molecule has 0 saturated carbocycles. The molecule has 0 aliphatic carbocycles. The predicted octanol–water partition coefficient (Wildman–Crippen LogP) is 3.92. The first-order valence-corrected chi connectivity index (χ1v) is 6.67. The summed E-state index contributed by atoms with van der Waals surface area (Å²) in [6.07, 6.45) is 10.0. The number of ketones is 1. The van der Waals surface area contributed by atoms with Gasteiger partial charge in [0.2, 0.25) is 0 Å². The summed E-state index contributed by atoms with van der Waals surface area (Å²) in [7, 11) is 0. The highest BCUT2D eigenvalue weighted by atomic mass is 16.1. The van der Waals surface area contributed by atoms with Crippen LogP contribution in [0, 0.1) is 5.92 Å². The van der Waals surface area contributed by atoms with Crippen LogP contribution in [-0.2, 0) is 9.59 Å². The summed E-state index contributed by atoms with van der Waals surface area (Å²) in [5, 5.41) is 0. The van der Waals surface area contributed by atoms with Gasteiger partial charge in [-0.25, -0.2) is 0 Å². The molecule has 0 fully saturated rings. The highest BCUT2D eigenvalue weighted by Gasteiger charge is 2.03. The smallest absolute Gasteiger partial charge is 0.132 e. The van der Waals surface area contributed by atoms with Crippen molar-refractivity contribution in [1.82, 2.24) is 0 Å². The van der Waals surface area contributed by atoms with Crippen molar-refractivity contribution in [2.24, 2.45) is 5.92 Å². The zero-order valence-electron chi connectivity index (χ0n) is 10.8. The minimum Gasteiger partial charge on any atom is -0.303 e. The molecule has 0 aromatic carbocycles. The Balaban J connectivity index is 3.27. The van der Waals surface area contributed by atoms with Crippen LogP contribution in [0.3, 0.4) is 0 Å². The van der Waals surface area contributed by atoms with Crippen LogP contribution < -0.4 is 0 Å². The van der Waals surface area contributed by atoms with Gasteiger partial charge in [-0.05, 0) is 19.3 Å². The molecule has 0 rings (SSSR count). The molecule has 2 nitrogen and oxygen atoms in total. The Morgan fingerprint density at radius 2 is 1.69 bits per heavy atom. The van der Waals surface area contributed by atoms with Crippen molar-refractivity contribution in [2.45, 2.75) is 71.6 Å². The summed E-state index contributed by atoms with van der Waals surface area (Å²) in [5.41, 5.74) is 0. The van der Waals surface area contributed by atoms with E-state index in [4.69, 9.17) is 0 Å². The molecular formula is C14H26O2. The van der Waals surface area contributed by atoms with Gasteiger partial charge < -0.3 is 4.79 Å². The Kier molecular flexibility index (Phi) is 10.4. The Labute approximate surface area is 99.8 Å². The van der Waals surface area contributed by atoms with Gasteiger partial charge in [0.1, 0.15) is 12.1 Å². The molecule has 1 unspecified atom stereocenters. The van der Waals surface area contributed by atoms with Crippen LogP contribution >= 0.6 is 0 Å². The lowest BCUT2D eigenvalue weighted by Crippen LogP contribution is -1.99. The first-order chi connectivity index (χ1) is 7.70. The van der Waals surface area contributed by atoms with Gasteiger partial charge in [-0.3, -0.25) is 4.79 Å². The van der Waals surface area contributed by atoms with Gasteiger partial charge >= 0.3 is 0 Å². The maximum Gasteiger partial charge on any atom is 0.132 e. The molecule has 16 heavy (non-hydrogen) atoms. The number of hydrogen-bond acceptors (Lipinski definition) is 2. The maximum atomic E-state index is 11.5. The number of unbranched alkanes of at least 4 members (excludes halogenated alkanes) is 4. The van der Waals surface area contributed by atoms with E-state index in [2.05, 4.69) is 6.92 Å². The van der Waals surface area contributed by atoms with E-state index in [1.54, 1.807) is 0 Å². The molecule has 0 saturated heterocycles. The molecule has 0 aliphatic heterocycles. The summed E-state index contributed by atoms with van der Waals surface area (Å²) in [6, 6.07) is 0. The normalized spacial score (nSPS) is 12.4. The van der Waals surface area contributed by atoms with Crippen LogP contribution in [0.1, 0.15) is 71.6 Å². The third-order valence-electron chi connectivity index (χ3n) is 2.91. The monoisotopic (exact) mass is 226 g/mol. The first-order valence-electron chi connectivity index (χ1n) is 6.67. The number of aldehydes is 1. The van der Waals surface area contributed by atoms with Gasteiger partial charge in [0, 0.05) is 18.8 Å². The SMILES string of the molecule is CCCCCCC(=O)CCCCC(C)C=O. The highest BCUT2D eigenvalue weighted by Crippen LogP contribution is 2.10. The van der Waals surface area contributed by atoms with E-state index in [1.165, 1.54) is 19.3 Å². The van der Waals surface area contributed by atoms with E-state index in [9.17, 15) is 9.59 Å². The number of hydrogen-bond donors (Lipinski definition) is 0. The lowest BCUT2D eigenvalue weighted by Gasteiger charge is -2.03. The average Bonchev–Trinajstić information content (AvgIpc) is 2.30. The lowest BCUT2D eigenvalue weighted by molar-refractivity contribution is -0.119. The average molecular weight is 226 g/mol. The van der Waals surface area contributed by atoms with Crippen LogP contribution in [-0.4, -0.2) is 12.1 Å². The van der Waals surface area contributed by atoms with Crippen molar-refractivity contribution < 1.29 is 9.59 Å². The quantitative estimate of drug-likeness (QED) is 0.395. The van der Waals surface area contributed by atoms with Gasteiger partial charge in [0.25, 0.3) is 0 Å². The largest absolute Gasteiger partial charge is 0.303 e. The van der Waals surface area contributed by atoms with Crippen LogP contribution in [0.25, 0.3) is 0 Å². The molecule has 1 atom stereocenters. The van der Waals surface area contributed by atoms with Crippen LogP contribution in [0.2, 0.25) is 0 Å². The molecule has 0 heterocycles. The highest BCUT2D eigenvalue weighted by molar-refractivity contribution is 5.78.